The van der Waals surface area contributed by atoms with Crippen molar-refractivity contribution in [2.45, 2.75) is 43.4 Å². The summed E-state index contributed by atoms with van der Waals surface area (Å²) in [5, 5.41) is 13.9. The molecule has 2 fully saturated rings. The highest BCUT2D eigenvalue weighted by Crippen LogP contribution is 2.45. The van der Waals surface area contributed by atoms with Crippen LogP contribution in [0.5, 0.6) is 11.5 Å². The predicted molar refractivity (Wildman–Crippen MR) is 186 cm³/mol. The van der Waals surface area contributed by atoms with Crippen molar-refractivity contribution < 1.29 is 23.8 Å². The molecule has 48 heavy (non-hydrogen) atoms. The molecule has 1 N–H and O–H groups in total. The normalized spacial score (nSPS) is 19.5. The zero-order valence-electron chi connectivity index (χ0n) is 28.1. The van der Waals surface area contributed by atoms with E-state index >= 15 is 0 Å². The van der Waals surface area contributed by atoms with Crippen LogP contribution in [-0.2, 0) is 17.6 Å². The Morgan fingerprint density at radius 1 is 0.979 bits per heavy atom. The standard InChI is InChI=1S/C39H45FN4O4/c1-41(19-16-27-10-15-35(47-2)36(22-27)48-3)24-32(45)25-43-26-44(31-13-11-30(40)12-14-31)39(38(43)46)17-20-42(21-18-39)34-23-29-8-4-6-28-7-5-9-33(34)37(28)29/h4-15,22,32,34,45H,16-21,23-26H2,1-3H3/t32-,34?/m0/s1. The molecule has 4 aromatic rings. The van der Waals surface area contributed by atoms with Crippen molar-refractivity contribution in [1.29, 1.82) is 0 Å². The highest BCUT2D eigenvalue weighted by Gasteiger charge is 2.54. The Hall–Kier alpha value is -4.18. The molecule has 1 amide bonds. The van der Waals surface area contributed by atoms with Crippen LogP contribution < -0.4 is 14.4 Å². The molecule has 7 rings (SSSR count). The fourth-order valence-corrected chi connectivity index (χ4v) is 8.22. The van der Waals surface area contributed by atoms with E-state index in [0.29, 0.717) is 43.6 Å². The molecule has 1 spiro atoms. The minimum absolute atomic E-state index is 0.0512. The average molecular weight is 653 g/mol. The van der Waals surface area contributed by atoms with E-state index in [1.54, 1.807) is 31.3 Å². The number of benzene rings is 4. The third-order valence-electron chi connectivity index (χ3n) is 10.7. The lowest BCUT2D eigenvalue weighted by atomic mass is 9.84. The van der Waals surface area contributed by atoms with Gasteiger partial charge in [-0.25, -0.2) is 4.39 Å². The molecule has 2 aliphatic heterocycles. The van der Waals surface area contributed by atoms with E-state index in [1.807, 2.05) is 25.2 Å². The minimum Gasteiger partial charge on any atom is -0.493 e. The van der Waals surface area contributed by atoms with E-state index in [4.69, 9.17) is 9.47 Å². The number of β-amino-alcohol motifs (C(OH)–C–C–N with tert-alkyl or cyclic N) is 1. The summed E-state index contributed by atoms with van der Waals surface area (Å²) in [6.07, 6.45) is 2.39. The van der Waals surface area contributed by atoms with Gasteiger partial charge in [-0.3, -0.25) is 9.69 Å². The molecule has 1 aliphatic carbocycles. The number of hydrogen-bond acceptors (Lipinski definition) is 7. The fourth-order valence-electron chi connectivity index (χ4n) is 8.22. The molecule has 0 bridgehead atoms. The molecular formula is C39H45FN4O4. The van der Waals surface area contributed by atoms with E-state index < -0.39 is 11.6 Å². The molecule has 252 valence electrons. The Balaban J connectivity index is 1.02. The van der Waals surface area contributed by atoms with Crippen LogP contribution in [0.25, 0.3) is 10.8 Å². The second-order valence-corrected chi connectivity index (χ2v) is 13.6. The first-order valence-corrected chi connectivity index (χ1v) is 16.9. The first kappa shape index (κ1) is 32.4. The van der Waals surface area contributed by atoms with Crippen LogP contribution in [0.1, 0.15) is 35.6 Å². The van der Waals surface area contributed by atoms with E-state index in [2.05, 4.69) is 51.1 Å². The Kier molecular flexibility index (Phi) is 9.02. The lowest BCUT2D eigenvalue weighted by molar-refractivity contribution is -0.135. The molecular weight excluding hydrogens is 607 g/mol. The van der Waals surface area contributed by atoms with Crippen LogP contribution in [0, 0.1) is 5.82 Å². The fraction of sp³-hybridized carbons (Fsp3) is 0.410. The van der Waals surface area contributed by atoms with Gasteiger partial charge >= 0.3 is 0 Å². The summed E-state index contributed by atoms with van der Waals surface area (Å²) in [7, 11) is 5.24. The number of aliphatic hydroxyl groups is 1. The Bertz CT molecular complexity index is 1770. The van der Waals surface area contributed by atoms with Crippen LogP contribution >= 0.6 is 0 Å². The zero-order valence-corrected chi connectivity index (χ0v) is 28.1. The number of anilines is 1. The smallest absolute Gasteiger partial charge is 0.250 e. The molecule has 1 unspecified atom stereocenters. The first-order chi connectivity index (χ1) is 23.3. The molecule has 9 heteroatoms. The quantitative estimate of drug-likeness (QED) is 0.237. The topological polar surface area (TPSA) is 68.7 Å². The predicted octanol–water partition coefficient (Wildman–Crippen LogP) is 5.27. The molecule has 2 atom stereocenters. The van der Waals surface area contributed by atoms with Crippen molar-refractivity contribution in [3.05, 3.63) is 101 Å². The van der Waals surface area contributed by atoms with Crippen LogP contribution in [-0.4, -0.2) is 98.0 Å². The number of nitrogens with zero attached hydrogens (tertiary/aromatic N) is 4. The number of carbonyl (C=O) groups excluding carboxylic acids is 1. The van der Waals surface area contributed by atoms with Gasteiger partial charge in [0, 0.05) is 44.5 Å². The summed E-state index contributed by atoms with van der Waals surface area (Å²) in [6.45, 7) is 3.35. The summed E-state index contributed by atoms with van der Waals surface area (Å²) in [5.74, 6) is 1.14. The van der Waals surface area contributed by atoms with Gasteiger partial charge in [-0.1, -0.05) is 42.5 Å². The molecule has 0 saturated carbocycles. The van der Waals surface area contributed by atoms with Gasteiger partial charge in [-0.2, -0.15) is 0 Å². The summed E-state index contributed by atoms with van der Waals surface area (Å²) in [6, 6.07) is 25.8. The number of likely N-dealkylation sites (tertiary alicyclic amines) is 1. The average Bonchev–Trinajstić information content (AvgIpc) is 3.60. The highest BCUT2D eigenvalue weighted by molar-refractivity contribution is 5.94. The molecule has 2 heterocycles. The van der Waals surface area contributed by atoms with Gasteiger partial charge in [0.25, 0.3) is 0 Å². The Labute approximate surface area is 282 Å². The van der Waals surface area contributed by atoms with Gasteiger partial charge in [0.2, 0.25) is 5.91 Å². The number of hydrogen-bond donors (Lipinski definition) is 1. The van der Waals surface area contributed by atoms with Gasteiger partial charge in [0.1, 0.15) is 11.4 Å². The second kappa shape index (κ2) is 13.4. The lowest BCUT2D eigenvalue weighted by Gasteiger charge is -2.45. The van der Waals surface area contributed by atoms with Crippen LogP contribution in [0.2, 0.25) is 0 Å². The summed E-state index contributed by atoms with van der Waals surface area (Å²) < 4.78 is 24.8. The number of halogens is 1. The first-order valence-electron chi connectivity index (χ1n) is 16.9. The number of piperidine rings is 1. The van der Waals surface area contributed by atoms with Crippen LogP contribution in [0.15, 0.2) is 78.9 Å². The maximum atomic E-state index is 14.4. The minimum atomic E-state index is -0.731. The SMILES string of the molecule is COc1ccc(CCN(C)C[C@H](O)CN2CN(c3ccc(F)cc3)C3(CCN(C4Cc5cccc6cccc4c56)CC3)C2=O)cc1OC. The Morgan fingerprint density at radius 2 is 1.71 bits per heavy atom. The summed E-state index contributed by atoms with van der Waals surface area (Å²) in [4.78, 5) is 23.0. The van der Waals surface area contributed by atoms with E-state index in [0.717, 1.165) is 43.7 Å². The third-order valence-corrected chi connectivity index (χ3v) is 10.7. The van der Waals surface area contributed by atoms with Crippen molar-refractivity contribution in [2.75, 3.05) is 65.6 Å². The van der Waals surface area contributed by atoms with Crippen molar-refractivity contribution in [1.82, 2.24) is 14.7 Å². The number of likely N-dealkylation sites (N-methyl/N-ethyl adjacent to an activating group) is 1. The molecule has 0 aromatic heterocycles. The molecule has 4 aromatic carbocycles. The summed E-state index contributed by atoms with van der Waals surface area (Å²) >= 11 is 0. The maximum Gasteiger partial charge on any atom is 0.250 e. The largest absolute Gasteiger partial charge is 0.493 e. The molecule has 2 saturated heterocycles. The maximum absolute atomic E-state index is 14.4. The summed E-state index contributed by atoms with van der Waals surface area (Å²) in [5.41, 5.74) is 4.00. The highest BCUT2D eigenvalue weighted by atomic mass is 19.1. The number of aliphatic hydroxyl groups excluding tert-OH is 1. The number of methoxy groups -OCH3 is 2. The van der Waals surface area contributed by atoms with Crippen molar-refractivity contribution >= 4 is 22.4 Å². The number of carbonyl (C=O) groups is 1. The molecule has 8 nitrogen and oxygen atoms in total. The second-order valence-electron chi connectivity index (χ2n) is 13.6. The van der Waals surface area contributed by atoms with Gasteiger partial charge in [0.05, 0.1) is 27.0 Å². The van der Waals surface area contributed by atoms with Gasteiger partial charge in [-0.05, 0) is 96.6 Å². The van der Waals surface area contributed by atoms with Gasteiger partial charge in [-0.15, -0.1) is 0 Å². The number of rotatable bonds is 11. The van der Waals surface area contributed by atoms with E-state index in [1.165, 1.54) is 34.0 Å². The lowest BCUT2D eigenvalue weighted by Crippen LogP contribution is -2.57. The van der Waals surface area contributed by atoms with Crippen LogP contribution in [0.4, 0.5) is 10.1 Å². The van der Waals surface area contributed by atoms with Gasteiger partial charge in [0.15, 0.2) is 11.5 Å². The third kappa shape index (κ3) is 5.99. The number of amides is 1. The van der Waals surface area contributed by atoms with E-state index in [9.17, 15) is 14.3 Å². The van der Waals surface area contributed by atoms with E-state index in [-0.39, 0.29) is 18.3 Å². The molecule has 3 aliphatic rings. The Morgan fingerprint density at radius 3 is 2.44 bits per heavy atom. The number of ether oxygens (including phenoxy) is 2. The monoisotopic (exact) mass is 652 g/mol. The van der Waals surface area contributed by atoms with Gasteiger partial charge < -0.3 is 29.3 Å². The molecule has 0 radical (unpaired) electrons. The van der Waals surface area contributed by atoms with Crippen molar-refractivity contribution in [3.63, 3.8) is 0 Å². The van der Waals surface area contributed by atoms with Crippen molar-refractivity contribution in [3.8, 4) is 11.5 Å². The zero-order chi connectivity index (χ0) is 33.4. The van der Waals surface area contributed by atoms with Crippen molar-refractivity contribution in [2.24, 2.45) is 0 Å². The van der Waals surface area contributed by atoms with Crippen LogP contribution in [0.3, 0.4) is 0 Å².